The van der Waals surface area contributed by atoms with Crippen LogP contribution in [-0.2, 0) is 9.53 Å². The van der Waals surface area contributed by atoms with Gasteiger partial charge in [0.15, 0.2) is 0 Å². The van der Waals surface area contributed by atoms with Gasteiger partial charge in [0.1, 0.15) is 6.10 Å². The molecular weight excluding hydrogens is 466 g/mol. The van der Waals surface area contributed by atoms with E-state index in [0.717, 1.165) is 32.5 Å². The van der Waals surface area contributed by atoms with Crippen molar-refractivity contribution in [3.05, 3.63) is 12.2 Å². The van der Waals surface area contributed by atoms with E-state index >= 15 is 0 Å². The lowest BCUT2D eigenvalue weighted by Crippen LogP contribution is -2.45. The lowest BCUT2D eigenvalue weighted by molar-refractivity contribution is -0.146. The number of hydrogen-bond acceptors (Lipinski definition) is 3. The maximum Gasteiger partial charge on any atom is 0.310 e. The number of ether oxygens (including phenoxy) is 1. The van der Waals surface area contributed by atoms with Crippen LogP contribution in [0.15, 0.2) is 12.2 Å². The van der Waals surface area contributed by atoms with Crippen molar-refractivity contribution in [2.45, 2.75) is 162 Å². The summed E-state index contributed by atoms with van der Waals surface area (Å²) in [4.78, 5) is 15.9. The van der Waals surface area contributed by atoms with Gasteiger partial charge in [0.05, 0.1) is 5.92 Å². The molecule has 220 valence electrons. The number of carbonyl (C=O) groups is 1. The molecule has 0 aromatic heterocycles. The molecule has 5 unspecified atom stereocenters. The van der Waals surface area contributed by atoms with E-state index in [-0.39, 0.29) is 18.0 Å². The molecule has 1 heterocycles. The molecule has 5 atom stereocenters. The molecule has 3 nitrogen and oxygen atoms in total. The minimum atomic E-state index is 0.0716. The van der Waals surface area contributed by atoms with E-state index in [2.05, 4.69) is 32.3 Å². The van der Waals surface area contributed by atoms with E-state index in [0.29, 0.717) is 17.3 Å². The van der Waals surface area contributed by atoms with Crippen molar-refractivity contribution >= 4 is 5.97 Å². The maximum atomic E-state index is 13.2. The second-order valence-electron chi connectivity index (χ2n) is 13.7. The van der Waals surface area contributed by atoms with Crippen molar-refractivity contribution in [3.63, 3.8) is 0 Å². The van der Waals surface area contributed by atoms with Crippen LogP contribution in [-0.4, -0.2) is 36.6 Å². The van der Waals surface area contributed by atoms with Gasteiger partial charge in [0.2, 0.25) is 0 Å². The van der Waals surface area contributed by atoms with E-state index in [1.807, 2.05) is 0 Å². The molecule has 3 aliphatic rings. The first-order valence-corrected chi connectivity index (χ1v) is 17.1. The number of unbranched alkanes of at least 4 members (excludes halogenated alkanes) is 14. The van der Waals surface area contributed by atoms with Crippen LogP contribution in [0.1, 0.15) is 156 Å². The van der Waals surface area contributed by atoms with Crippen LogP contribution in [0.4, 0.5) is 0 Å². The van der Waals surface area contributed by atoms with Gasteiger partial charge in [0, 0.05) is 12.5 Å². The zero-order chi connectivity index (χ0) is 27.2. The quantitative estimate of drug-likeness (QED) is 0.0892. The van der Waals surface area contributed by atoms with E-state index in [1.165, 1.54) is 128 Å². The van der Waals surface area contributed by atoms with Gasteiger partial charge in [-0.05, 0) is 69.4 Å². The Morgan fingerprint density at radius 1 is 0.842 bits per heavy atom. The van der Waals surface area contributed by atoms with E-state index in [9.17, 15) is 4.79 Å². The lowest BCUT2D eigenvalue weighted by Gasteiger charge is -2.50. The highest BCUT2D eigenvalue weighted by Gasteiger charge is 2.55. The SMILES string of the molecule is C=C1CCCC2(C)CC3OC(=O)C(CN(CCCCCCCCCC)CCCCCCCCCC)C3CC12. The fraction of sp³-hybridized carbons (Fsp3) is 0.914. The molecule has 1 aliphatic heterocycles. The van der Waals surface area contributed by atoms with Gasteiger partial charge < -0.3 is 9.64 Å². The fourth-order valence-corrected chi connectivity index (χ4v) is 7.98. The molecule has 3 rings (SSSR count). The van der Waals surface area contributed by atoms with Crippen LogP contribution in [0.2, 0.25) is 0 Å². The number of carbonyl (C=O) groups excluding carboxylic acids is 1. The van der Waals surface area contributed by atoms with Crippen molar-refractivity contribution in [2.75, 3.05) is 19.6 Å². The molecule has 38 heavy (non-hydrogen) atoms. The van der Waals surface area contributed by atoms with Crippen LogP contribution in [0.5, 0.6) is 0 Å². The monoisotopic (exact) mass is 529 g/mol. The number of nitrogens with zero attached hydrogens (tertiary/aromatic N) is 1. The summed E-state index contributed by atoms with van der Waals surface area (Å²) in [6.45, 7) is 14.7. The average Bonchev–Trinajstić information content (AvgIpc) is 3.18. The Morgan fingerprint density at radius 2 is 1.37 bits per heavy atom. The standard InChI is InChI=1S/C35H63NO2/c1-5-7-9-11-13-15-17-19-24-36(25-20-18-16-14-12-10-8-6-2)28-31-30-26-32-29(3)22-21-23-35(32,4)27-33(30)38-34(31)37/h30-33H,3,5-28H2,1-2,4H3. The normalized spacial score (nSPS) is 28.9. The van der Waals surface area contributed by atoms with Gasteiger partial charge in [-0.3, -0.25) is 4.79 Å². The van der Waals surface area contributed by atoms with Crippen molar-refractivity contribution < 1.29 is 9.53 Å². The van der Waals surface area contributed by atoms with Crippen LogP contribution in [0, 0.1) is 23.2 Å². The molecule has 0 aromatic rings. The molecule has 1 saturated heterocycles. The van der Waals surface area contributed by atoms with Crippen molar-refractivity contribution in [1.29, 1.82) is 0 Å². The number of hydrogen-bond donors (Lipinski definition) is 0. The maximum absolute atomic E-state index is 13.2. The third kappa shape index (κ3) is 9.67. The zero-order valence-electron chi connectivity index (χ0n) is 25.8. The first kappa shape index (κ1) is 31.7. The zero-order valence-corrected chi connectivity index (χ0v) is 25.8. The molecule has 0 spiro atoms. The first-order chi connectivity index (χ1) is 18.5. The molecular formula is C35H63NO2. The summed E-state index contributed by atoms with van der Waals surface area (Å²) in [5, 5.41) is 0. The predicted molar refractivity (Wildman–Crippen MR) is 162 cm³/mol. The Labute approximate surface area is 236 Å². The topological polar surface area (TPSA) is 29.5 Å². The third-order valence-corrected chi connectivity index (χ3v) is 10.4. The summed E-state index contributed by atoms with van der Waals surface area (Å²) < 4.78 is 6.11. The average molecular weight is 530 g/mol. The molecule has 2 aliphatic carbocycles. The number of fused-ring (bicyclic) bond motifs is 2. The highest BCUT2D eigenvalue weighted by Crippen LogP contribution is 2.56. The van der Waals surface area contributed by atoms with Gasteiger partial charge in [-0.15, -0.1) is 0 Å². The van der Waals surface area contributed by atoms with Gasteiger partial charge in [-0.1, -0.05) is 123 Å². The van der Waals surface area contributed by atoms with E-state index in [1.54, 1.807) is 0 Å². The molecule has 3 fully saturated rings. The molecule has 0 bridgehead atoms. The lowest BCUT2D eigenvalue weighted by atomic mass is 9.55. The molecule has 0 radical (unpaired) electrons. The number of rotatable bonds is 20. The van der Waals surface area contributed by atoms with Gasteiger partial charge >= 0.3 is 5.97 Å². The van der Waals surface area contributed by atoms with Crippen molar-refractivity contribution in [3.8, 4) is 0 Å². The Hall–Kier alpha value is -0.830. The minimum Gasteiger partial charge on any atom is -0.462 e. The summed E-state index contributed by atoms with van der Waals surface area (Å²) in [5.74, 6) is 1.16. The largest absolute Gasteiger partial charge is 0.462 e. The summed E-state index contributed by atoms with van der Waals surface area (Å²) in [5.41, 5.74) is 1.74. The second-order valence-corrected chi connectivity index (χ2v) is 13.7. The van der Waals surface area contributed by atoms with Crippen LogP contribution in [0.3, 0.4) is 0 Å². The van der Waals surface area contributed by atoms with Crippen LogP contribution in [0.25, 0.3) is 0 Å². The van der Waals surface area contributed by atoms with E-state index in [4.69, 9.17) is 4.74 Å². The number of esters is 1. The predicted octanol–water partition coefficient (Wildman–Crippen LogP) is 9.88. The highest BCUT2D eigenvalue weighted by atomic mass is 16.6. The van der Waals surface area contributed by atoms with Gasteiger partial charge in [-0.2, -0.15) is 0 Å². The summed E-state index contributed by atoms with van der Waals surface area (Å²) in [6, 6.07) is 0. The molecule has 3 heteroatoms. The van der Waals surface area contributed by atoms with Crippen LogP contribution < -0.4 is 0 Å². The van der Waals surface area contributed by atoms with Crippen LogP contribution >= 0.6 is 0 Å². The summed E-state index contributed by atoms with van der Waals surface area (Å²) in [7, 11) is 0. The molecule has 2 saturated carbocycles. The number of allylic oxidation sites excluding steroid dienone is 1. The Bertz CT molecular complexity index is 669. The molecule has 0 aromatic carbocycles. The Balaban J connectivity index is 1.49. The Kier molecular flexibility index (Phi) is 14.3. The van der Waals surface area contributed by atoms with Crippen molar-refractivity contribution in [2.24, 2.45) is 23.2 Å². The molecule has 0 N–H and O–H groups in total. The highest BCUT2D eigenvalue weighted by molar-refractivity contribution is 5.75. The summed E-state index contributed by atoms with van der Waals surface area (Å²) in [6.07, 6.45) is 27.8. The fourth-order valence-electron chi connectivity index (χ4n) is 7.98. The van der Waals surface area contributed by atoms with Gasteiger partial charge in [-0.25, -0.2) is 0 Å². The van der Waals surface area contributed by atoms with E-state index < -0.39 is 0 Å². The smallest absolute Gasteiger partial charge is 0.310 e. The summed E-state index contributed by atoms with van der Waals surface area (Å²) >= 11 is 0. The minimum absolute atomic E-state index is 0.0716. The third-order valence-electron chi connectivity index (χ3n) is 10.4. The first-order valence-electron chi connectivity index (χ1n) is 17.1. The molecule has 0 amide bonds. The van der Waals surface area contributed by atoms with Gasteiger partial charge in [0.25, 0.3) is 0 Å². The Morgan fingerprint density at radius 3 is 1.92 bits per heavy atom. The van der Waals surface area contributed by atoms with Crippen molar-refractivity contribution in [1.82, 2.24) is 4.90 Å². The second kappa shape index (κ2) is 17.1.